The lowest BCUT2D eigenvalue weighted by Crippen LogP contribution is -1.92. The van der Waals surface area contributed by atoms with E-state index >= 15 is 0 Å². The highest BCUT2D eigenvalue weighted by Crippen LogP contribution is 2.25. The zero-order chi connectivity index (χ0) is 12.3. The van der Waals surface area contributed by atoms with Crippen LogP contribution in [0.1, 0.15) is 12.5 Å². The smallest absolute Gasteiger partial charge is 0.166 e. The van der Waals surface area contributed by atoms with Gasteiger partial charge in [-0.25, -0.2) is 4.39 Å². The van der Waals surface area contributed by atoms with E-state index in [1.807, 2.05) is 13.0 Å². The van der Waals surface area contributed by atoms with E-state index in [0.717, 1.165) is 12.1 Å². The maximum absolute atomic E-state index is 13.6. The van der Waals surface area contributed by atoms with Crippen molar-refractivity contribution in [1.29, 1.82) is 0 Å². The highest BCUT2D eigenvalue weighted by molar-refractivity contribution is 9.08. The Kier molecular flexibility index (Phi) is 3.78. The fourth-order valence-corrected chi connectivity index (χ4v) is 1.76. The summed E-state index contributed by atoms with van der Waals surface area (Å²) in [4.78, 5) is 0. The Morgan fingerprint density at radius 1 is 1.47 bits per heavy atom. The Morgan fingerprint density at radius 3 is 2.88 bits per heavy atom. The van der Waals surface area contributed by atoms with Gasteiger partial charge >= 0.3 is 0 Å². The normalized spacial score (nSPS) is 10.5. The summed E-state index contributed by atoms with van der Waals surface area (Å²) >= 11 is 3.27. The molecule has 0 N–H and O–H groups in total. The van der Waals surface area contributed by atoms with Crippen LogP contribution >= 0.6 is 15.9 Å². The molecule has 17 heavy (non-hydrogen) atoms. The SMILES string of the molecule is CCn1cc(Oc2ccc(CBr)cc2F)cn1. The van der Waals surface area contributed by atoms with E-state index in [1.54, 1.807) is 23.1 Å². The molecule has 0 amide bonds. The number of aromatic nitrogens is 2. The molecule has 0 unspecified atom stereocenters. The van der Waals surface area contributed by atoms with E-state index in [2.05, 4.69) is 21.0 Å². The molecule has 2 aromatic rings. The zero-order valence-corrected chi connectivity index (χ0v) is 10.9. The summed E-state index contributed by atoms with van der Waals surface area (Å²) in [6, 6.07) is 4.89. The number of nitrogens with zero attached hydrogens (tertiary/aromatic N) is 2. The molecule has 1 heterocycles. The number of hydrogen-bond donors (Lipinski definition) is 0. The van der Waals surface area contributed by atoms with Crippen molar-refractivity contribution in [2.75, 3.05) is 0 Å². The maximum atomic E-state index is 13.6. The largest absolute Gasteiger partial charge is 0.451 e. The third-order valence-electron chi connectivity index (χ3n) is 2.31. The minimum Gasteiger partial charge on any atom is -0.451 e. The Bertz CT molecular complexity index is 513. The van der Waals surface area contributed by atoms with Gasteiger partial charge in [-0.2, -0.15) is 5.10 Å². The molecule has 3 nitrogen and oxygen atoms in total. The lowest BCUT2D eigenvalue weighted by Gasteiger charge is -2.05. The minimum absolute atomic E-state index is 0.213. The standard InChI is InChI=1S/C12H12BrFN2O/c1-2-16-8-10(7-15-16)17-12-4-3-9(6-13)5-11(12)14/h3-5,7-8H,2,6H2,1H3. The highest BCUT2D eigenvalue weighted by Gasteiger charge is 2.07. The molecular formula is C12H12BrFN2O. The zero-order valence-electron chi connectivity index (χ0n) is 9.36. The van der Waals surface area contributed by atoms with E-state index < -0.39 is 0 Å². The van der Waals surface area contributed by atoms with Crippen molar-refractivity contribution >= 4 is 15.9 Å². The fourth-order valence-electron chi connectivity index (χ4n) is 1.41. The minimum atomic E-state index is -0.369. The molecule has 1 aromatic carbocycles. The van der Waals surface area contributed by atoms with Crippen molar-refractivity contribution in [3.63, 3.8) is 0 Å². The Hall–Kier alpha value is -1.36. The van der Waals surface area contributed by atoms with Crippen molar-refractivity contribution < 1.29 is 9.13 Å². The number of halogens is 2. The highest BCUT2D eigenvalue weighted by atomic mass is 79.9. The first-order valence-electron chi connectivity index (χ1n) is 5.27. The molecule has 0 atom stereocenters. The molecule has 0 bridgehead atoms. The summed E-state index contributed by atoms with van der Waals surface area (Å²) in [5.74, 6) is 0.383. The number of ether oxygens (including phenoxy) is 1. The Morgan fingerprint density at radius 2 is 2.29 bits per heavy atom. The summed E-state index contributed by atoms with van der Waals surface area (Å²) in [7, 11) is 0. The molecule has 0 aliphatic rings. The number of alkyl halides is 1. The van der Waals surface area contributed by atoms with E-state index in [4.69, 9.17) is 4.74 Å². The van der Waals surface area contributed by atoms with Gasteiger partial charge in [0.05, 0.1) is 12.4 Å². The molecule has 0 saturated heterocycles. The van der Waals surface area contributed by atoms with E-state index in [1.165, 1.54) is 6.07 Å². The molecule has 0 radical (unpaired) electrons. The predicted octanol–water partition coefficient (Wildman–Crippen LogP) is 3.73. The second-order valence-electron chi connectivity index (χ2n) is 3.53. The number of rotatable bonds is 4. The van der Waals surface area contributed by atoms with Gasteiger partial charge in [-0.15, -0.1) is 0 Å². The first-order chi connectivity index (χ1) is 8.22. The van der Waals surface area contributed by atoms with Crippen LogP contribution < -0.4 is 4.74 Å². The molecule has 0 saturated carbocycles. The lowest BCUT2D eigenvalue weighted by atomic mass is 10.2. The summed E-state index contributed by atoms with van der Waals surface area (Å²) < 4.78 is 20.8. The molecule has 0 aliphatic heterocycles. The molecule has 5 heteroatoms. The van der Waals surface area contributed by atoms with Gasteiger partial charge in [0.1, 0.15) is 0 Å². The van der Waals surface area contributed by atoms with Crippen molar-refractivity contribution in [2.45, 2.75) is 18.8 Å². The molecule has 1 aromatic heterocycles. The quantitative estimate of drug-likeness (QED) is 0.804. The molecule has 0 aliphatic carbocycles. The van der Waals surface area contributed by atoms with Crippen molar-refractivity contribution in [1.82, 2.24) is 9.78 Å². The monoisotopic (exact) mass is 298 g/mol. The van der Waals surface area contributed by atoms with Gasteiger partial charge in [-0.1, -0.05) is 22.0 Å². The maximum Gasteiger partial charge on any atom is 0.166 e. The summed E-state index contributed by atoms with van der Waals surface area (Å²) in [5.41, 5.74) is 0.874. The van der Waals surface area contributed by atoms with E-state index in [0.29, 0.717) is 11.1 Å². The second kappa shape index (κ2) is 5.31. The molecule has 0 fully saturated rings. The van der Waals surface area contributed by atoms with Gasteiger partial charge in [0.2, 0.25) is 0 Å². The van der Waals surface area contributed by atoms with Crippen molar-refractivity contribution in [3.8, 4) is 11.5 Å². The first-order valence-corrected chi connectivity index (χ1v) is 6.39. The lowest BCUT2D eigenvalue weighted by molar-refractivity contribution is 0.441. The van der Waals surface area contributed by atoms with Crippen molar-refractivity contribution in [2.24, 2.45) is 0 Å². The van der Waals surface area contributed by atoms with Gasteiger partial charge in [-0.3, -0.25) is 4.68 Å². The summed E-state index contributed by atoms with van der Waals surface area (Å²) in [6.45, 7) is 2.73. The Balaban J connectivity index is 2.18. The first kappa shape index (κ1) is 12.1. The van der Waals surface area contributed by atoms with Gasteiger partial charge in [-0.05, 0) is 24.6 Å². The number of hydrogen-bond acceptors (Lipinski definition) is 2. The van der Waals surface area contributed by atoms with E-state index in [-0.39, 0.29) is 11.6 Å². The van der Waals surface area contributed by atoms with Crippen LogP contribution in [-0.4, -0.2) is 9.78 Å². The van der Waals surface area contributed by atoms with Crippen molar-refractivity contribution in [3.05, 3.63) is 42.0 Å². The van der Waals surface area contributed by atoms with Crippen LogP contribution in [0.25, 0.3) is 0 Å². The van der Waals surface area contributed by atoms with Crippen LogP contribution in [0.3, 0.4) is 0 Å². The molecular weight excluding hydrogens is 287 g/mol. The van der Waals surface area contributed by atoms with Crippen LogP contribution in [0.15, 0.2) is 30.6 Å². The topological polar surface area (TPSA) is 27.1 Å². The summed E-state index contributed by atoms with van der Waals surface area (Å²) in [6.07, 6.45) is 3.30. The van der Waals surface area contributed by atoms with Gasteiger partial charge in [0.15, 0.2) is 17.3 Å². The van der Waals surface area contributed by atoms with E-state index in [9.17, 15) is 4.39 Å². The third-order valence-corrected chi connectivity index (χ3v) is 2.96. The van der Waals surface area contributed by atoms with Gasteiger partial charge < -0.3 is 4.74 Å². The fraction of sp³-hybridized carbons (Fsp3) is 0.250. The van der Waals surface area contributed by atoms with Gasteiger partial charge in [0, 0.05) is 11.9 Å². The number of aryl methyl sites for hydroxylation is 1. The Labute approximate surface area is 107 Å². The van der Waals surface area contributed by atoms with Crippen LogP contribution in [0.5, 0.6) is 11.5 Å². The molecule has 90 valence electrons. The number of benzene rings is 1. The van der Waals surface area contributed by atoms with Crippen LogP contribution in [0, 0.1) is 5.82 Å². The predicted molar refractivity (Wildman–Crippen MR) is 67.0 cm³/mol. The third kappa shape index (κ3) is 2.85. The van der Waals surface area contributed by atoms with Crippen LogP contribution in [0.2, 0.25) is 0 Å². The van der Waals surface area contributed by atoms with Crippen LogP contribution in [0.4, 0.5) is 4.39 Å². The molecule has 0 spiro atoms. The van der Waals surface area contributed by atoms with Crippen LogP contribution in [-0.2, 0) is 11.9 Å². The summed E-state index contributed by atoms with van der Waals surface area (Å²) in [5, 5.41) is 4.68. The molecule has 2 rings (SSSR count). The second-order valence-corrected chi connectivity index (χ2v) is 4.09. The average Bonchev–Trinajstić information content (AvgIpc) is 2.79. The average molecular weight is 299 g/mol. The van der Waals surface area contributed by atoms with Gasteiger partial charge in [0.25, 0.3) is 0 Å².